The van der Waals surface area contributed by atoms with Crippen LogP contribution >= 0.6 is 11.6 Å². The summed E-state index contributed by atoms with van der Waals surface area (Å²) in [7, 11) is 0. The fourth-order valence-corrected chi connectivity index (χ4v) is 4.62. The number of hydrogen-bond donors (Lipinski definition) is 0. The highest BCUT2D eigenvalue weighted by atomic mass is 35.5. The molecule has 0 unspecified atom stereocenters. The Morgan fingerprint density at radius 1 is 0.960 bits per heavy atom. The van der Waals surface area contributed by atoms with E-state index in [9.17, 15) is 4.79 Å². The number of carbonyl (C=O) groups excluding carboxylic acids is 1. The summed E-state index contributed by atoms with van der Waals surface area (Å²) in [5.41, 5.74) is 1.10. The number of piperazine rings is 1. The van der Waals surface area contributed by atoms with Crippen LogP contribution < -0.4 is 4.90 Å². The van der Waals surface area contributed by atoms with Crippen molar-refractivity contribution in [2.45, 2.75) is 31.3 Å². The molecule has 3 aliphatic rings. The van der Waals surface area contributed by atoms with Crippen molar-refractivity contribution < 1.29 is 9.53 Å². The summed E-state index contributed by atoms with van der Waals surface area (Å²) in [6.45, 7) is 6.16. The molecule has 0 saturated carbocycles. The average molecular weight is 364 g/mol. The molecule has 1 atom stereocenters. The standard InChI is InChI=1S/C19H26ClN3O2/c20-16-3-1-2-4-17(16)21-9-11-22(12-10-21)18-5-8-23(19(18)24)15-6-13-25-14-7-15/h1-4,15,18H,5-14H2/t18-/m0/s1. The number of anilines is 1. The fourth-order valence-electron chi connectivity index (χ4n) is 4.37. The number of carbonyl (C=O) groups is 1. The zero-order valence-corrected chi connectivity index (χ0v) is 15.3. The first-order valence-corrected chi connectivity index (χ1v) is 9.73. The van der Waals surface area contributed by atoms with Gasteiger partial charge in [-0.3, -0.25) is 9.69 Å². The largest absolute Gasteiger partial charge is 0.381 e. The van der Waals surface area contributed by atoms with Crippen molar-refractivity contribution in [3.05, 3.63) is 29.3 Å². The van der Waals surface area contributed by atoms with E-state index < -0.39 is 0 Å². The van der Waals surface area contributed by atoms with Gasteiger partial charge in [0.05, 0.1) is 16.8 Å². The molecule has 0 spiro atoms. The van der Waals surface area contributed by atoms with Crippen LogP contribution in [0, 0.1) is 0 Å². The van der Waals surface area contributed by atoms with Crippen molar-refractivity contribution >= 4 is 23.2 Å². The second-order valence-electron chi connectivity index (χ2n) is 7.15. The highest BCUT2D eigenvalue weighted by molar-refractivity contribution is 6.33. The second kappa shape index (κ2) is 7.52. The van der Waals surface area contributed by atoms with Gasteiger partial charge in [0, 0.05) is 52.0 Å². The highest BCUT2D eigenvalue weighted by Gasteiger charge is 2.40. The van der Waals surface area contributed by atoms with E-state index in [-0.39, 0.29) is 6.04 Å². The van der Waals surface area contributed by atoms with Gasteiger partial charge in [-0.15, -0.1) is 0 Å². The zero-order valence-electron chi connectivity index (χ0n) is 14.6. The Bertz CT molecular complexity index is 612. The topological polar surface area (TPSA) is 36.0 Å². The number of nitrogens with zero attached hydrogens (tertiary/aromatic N) is 3. The number of amides is 1. The van der Waals surface area contributed by atoms with Crippen molar-refractivity contribution in [2.24, 2.45) is 0 Å². The maximum absolute atomic E-state index is 12.9. The lowest BCUT2D eigenvalue weighted by molar-refractivity contribution is -0.135. The molecule has 1 aromatic carbocycles. The summed E-state index contributed by atoms with van der Waals surface area (Å²) in [6.07, 6.45) is 2.93. The Kier molecular flexibility index (Phi) is 5.15. The first-order valence-electron chi connectivity index (χ1n) is 9.36. The van der Waals surface area contributed by atoms with E-state index in [4.69, 9.17) is 16.3 Å². The summed E-state index contributed by atoms with van der Waals surface area (Å²) >= 11 is 6.32. The molecule has 6 heteroatoms. The molecule has 3 fully saturated rings. The molecule has 0 bridgehead atoms. The van der Waals surface area contributed by atoms with E-state index in [0.717, 1.165) is 75.9 Å². The van der Waals surface area contributed by atoms with Gasteiger partial charge in [0.2, 0.25) is 5.91 Å². The van der Waals surface area contributed by atoms with Crippen molar-refractivity contribution in [3.8, 4) is 0 Å². The molecule has 1 amide bonds. The second-order valence-corrected chi connectivity index (χ2v) is 7.56. The molecule has 0 aromatic heterocycles. The minimum atomic E-state index is 0.0660. The number of halogens is 1. The van der Waals surface area contributed by atoms with E-state index in [1.807, 2.05) is 18.2 Å². The molecular weight excluding hydrogens is 338 g/mol. The van der Waals surface area contributed by atoms with Crippen LogP contribution in [-0.4, -0.2) is 73.7 Å². The first kappa shape index (κ1) is 17.1. The van der Waals surface area contributed by atoms with E-state index in [2.05, 4.69) is 20.8 Å². The third kappa shape index (κ3) is 3.50. The average Bonchev–Trinajstić information content (AvgIpc) is 3.04. The Morgan fingerprint density at radius 3 is 2.40 bits per heavy atom. The van der Waals surface area contributed by atoms with E-state index in [1.54, 1.807) is 0 Å². The van der Waals surface area contributed by atoms with E-state index in [0.29, 0.717) is 11.9 Å². The molecule has 0 radical (unpaired) electrons. The molecule has 5 nitrogen and oxygen atoms in total. The van der Waals surface area contributed by atoms with Crippen LogP contribution in [0.2, 0.25) is 5.02 Å². The van der Waals surface area contributed by atoms with Crippen LogP contribution in [0.1, 0.15) is 19.3 Å². The van der Waals surface area contributed by atoms with Gasteiger partial charge < -0.3 is 14.5 Å². The molecule has 4 rings (SSSR count). The van der Waals surface area contributed by atoms with Gasteiger partial charge in [-0.25, -0.2) is 0 Å². The summed E-state index contributed by atoms with van der Waals surface area (Å²) in [5, 5.41) is 0.804. The summed E-state index contributed by atoms with van der Waals surface area (Å²) in [5.74, 6) is 0.332. The molecule has 3 aliphatic heterocycles. The number of ether oxygens (including phenoxy) is 1. The van der Waals surface area contributed by atoms with Gasteiger partial charge in [-0.1, -0.05) is 23.7 Å². The maximum atomic E-state index is 12.9. The lowest BCUT2D eigenvalue weighted by Crippen LogP contribution is -2.53. The van der Waals surface area contributed by atoms with Crippen LogP contribution in [0.3, 0.4) is 0 Å². The van der Waals surface area contributed by atoms with Crippen LogP contribution in [0.5, 0.6) is 0 Å². The summed E-state index contributed by atoms with van der Waals surface area (Å²) in [6, 6.07) is 8.46. The molecule has 3 heterocycles. The van der Waals surface area contributed by atoms with Gasteiger partial charge in [-0.2, -0.15) is 0 Å². The van der Waals surface area contributed by atoms with Gasteiger partial charge in [0.15, 0.2) is 0 Å². The summed E-state index contributed by atoms with van der Waals surface area (Å²) in [4.78, 5) is 19.7. The third-order valence-electron chi connectivity index (χ3n) is 5.79. The molecule has 0 aliphatic carbocycles. The Hall–Kier alpha value is -1.30. The van der Waals surface area contributed by atoms with Crippen LogP contribution in [0.4, 0.5) is 5.69 Å². The summed E-state index contributed by atoms with van der Waals surface area (Å²) < 4.78 is 5.44. The maximum Gasteiger partial charge on any atom is 0.240 e. The number of benzene rings is 1. The molecule has 1 aromatic rings. The Labute approximate surface area is 154 Å². The van der Waals surface area contributed by atoms with Gasteiger partial charge >= 0.3 is 0 Å². The number of hydrogen-bond acceptors (Lipinski definition) is 4. The normalized spacial score (nSPS) is 26.4. The number of para-hydroxylation sites is 1. The van der Waals surface area contributed by atoms with Crippen molar-refractivity contribution in [1.82, 2.24) is 9.80 Å². The minimum absolute atomic E-state index is 0.0660. The van der Waals surface area contributed by atoms with Crippen molar-refractivity contribution in [1.29, 1.82) is 0 Å². The number of likely N-dealkylation sites (tertiary alicyclic amines) is 1. The lowest BCUT2D eigenvalue weighted by Gasteiger charge is -2.39. The predicted molar refractivity (Wildman–Crippen MR) is 99.2 cm³/mol. The highest BCUT2D eigenvalue weighted by Crippen LogP contribution is 2.28. The zero-order chi connectivity index (χ0) is 17.2. The van der Waals surface area contributed by atoms with E-state index in [1.165, 1.54) is 0 Å². The lowest BCUT2D eigenvalue weighted by atomic mass is 10.1. The Balaban J connectivity index is 1.35. The smallest absolute Gasteiger partial charge is 0.240 e. The van der Waals surface area contributed by atoms with Crippen molar-refractivity contribution in [3.63, 3.8) is 0 Å². The SMILES string of the molecule is O=C1[C@@H](N2CCN(c3ccccc3Cl)CC2)CCN1C1CCOCC1. The molecular formula is C19H26ClN3O2. The monoisotopic (exact) mass is 363 g/mol. The van der Waals surface area contributed by atoms with E-state index >= 15 is 0 Å². The van der Waals surface area contributed by atoms with Gasteiger partial charge in [0.25, 0.3) is 0 Å². The molecule has 3 saturated heterocycles. The molecule has 0 N–H and O–H groups in total. The van der Waals surface area contributed by atoms with Crippen LogP contribution in [0.15, 0.2) is 24.3 Å². The quantitative estimate of drug-likeness (QED) is 0.825. The molecule has 25 heavy (non-hydrogen) atoms. The van der Waals surface area contributed by atoms with Crippen LogP contribution in [-0.2, 0) is 9.53 Å². The minimum Gasteiger partial charge on any atom is -0.381 e. The van der Waals surface area contributed by atoms with Gasteiger partial charge in [0.1, 0.15) is 0 Å². The van der Waals surface area contributed by atoms with Crippen molar-refractivity contribution in [2.75, 3.05) is 50.8 Å². The van der Waals surface area contributed by atoms with Gasteiger partial charge in [-0.05, 0) is 31.4 Å². The molecule has 136 valence electrons. The van der Waals surface area contributed by atoms with Crippen LogP contribution in [0.25, 0.3) is 0 Å². The first-order chi connectivity index (χ1) is 12.2. The predicted octanol–water partition coefficient (Wildman–Crippen LogP) is 2.24. The Morgan fingerprint density at radius 2 is 1.68 bits per heavy atom. The third-order valence-corrected chi connectivity index (χ3v) is 6.11. The number of rotatable bonds is 3. The fraction of sp³-hybridized carbons (Fsp3) is 0.632.